The van der Waals surface area contributed by atoms with E-state index in [0.717, 1.165) is 12.4 Å². The van der Waals surface area contributed by atoms with E-state index in [1.54, 1.807) is 0 Å². The molecule has 0 aliphatic rings. The van der Waals surface area contributed by atoms with Gasteiger partial charge in [-0.05, 0) is 27.9 Å². The highest BCUT2D eigenvalue weighted by atomic mass is 32.2. The molecule has 0 saturated heterocycles. The molecule has 11 nitrogen and oxygen atoms in total. The number of nitrogens with two attached hydrogens (primary N) is 2. The molecule has 0 aromatic carbocycles. The molecule has 0 bridgehead atoms. The monoisotopic (exact) mass is 374 g/mol. The Bertz CT molecular complexity index is 624. The standard InChI is InChI=1S/C5H10N2O3S.C3H8N2O3S.C2H4O/c1-3-4(5(6)8)11(9,10)7-2;1-5-9(7,8)2-3(4)6;1-2-3/h3,7H,1-2H3,(H2,6,8);5H,2H2,1H3,(H2,4,6);2H,1H3. The van der Waals surface area contributed by atoms with Gasteiger partial charge in [-0.2, -0.15) is 0 Å². The average molecular weight is 374 g/mol. The molecule has 0 radical (unpaired) electrons. The summed E-state index contributed by atoms with van der Waals surface area (Å²) in [5.74, 6) is -2.46. The van der Waals surface area contributed by atoms with Crippen LogP contribution < -0.4 is 20.9 Å². The fourth-order valence-corrected chi connectivity index (χ4v) is 2.11. The second-order valence-electron chi connectivity index (χ2n) is 3.39. The molecule has 136 valence electrons. The van der Waals surface area contributed by atoms with E-state index in [9.17, 15) is 26.4 Å². The van der Waals surface area contributed by atoms with Crippen LogP contribution in [0.3, 0.4) is 0 Å². The Hall–Kier alpha value is -1.83. The predicted molar refractivity (Wildman–Crippen MR) is 84.7 cm³/mol. The van der Waals surface area contributed by atoms with Crippen molar-refractivity contribution in [3.05, 3.63) is 11.0 Å². The molecule has 0 aliphatic heterocycles. The maximum Gasteiger partial charge on any atom is 0.261 e. The Balaban J connectivity index is -0.000000301. The van der Waals surface area contributed by atoms with E-state index >= 15 is 0 Å². The first-order chi connectivity index (χ1) is 10.3. The summed E-state index contributed by atoms with van der Waals surface area (Å²) in [4.78, 5) is 28.8. The lowest BCUT2D eigenvalue weighted by atomic mass is 10.5. The van der Waals surface area contributed by atoms with E-state index in [4.69, 9.17) is 10.5 Å². The van der Waals surface area contributed by atoms with Crippen LogP contribution in [0.25, 0.3) is 0 Å². The topological polar surface area (TPSA) is 196 Å². The van der Waals surface area contributed by atoms with Crippen molar-refractivity contribution in [1.29, 1.82) is 0 Å². The number of carbonyl (C=O) groups is 3. The molecule has 0 aliphatic carbocycles. The fraction of sp³-hybridized carbons (Fsp3) is 0.500. The van der Waals surface area contributed by atoms with Gasteiger partial charge in [-0.25, -0.2) is 26.3 Å². The molecule has 0 aromatic rings. The number of amides is 2. The van der Waals surface area contributed by atoms with Crippen molar-refractivity contribution in [2.75, 3.05) is 19.8 Å². The number of hydrogen-bond acceptors (Lipinski definition) is 7. The lowest BCUT2D eigenvalue weighted by Gasteiger charge is -2.01. The molecular formula is C10H22N4O7S2. The summed E-state index contributed by atoms with van der Waals surface area (Å²) < 4.78 is 46.5. The molecule has 0 unspecified atom stereocenters. The zero-order valence-corrected chi connectivity index (χ0v) is 14.8. The third-order valence-electron chi connectivity index (χ3n) is 1.71. The van der Waals surface area contributed by atoms with E-state index in [1.807, 2.05) is 9.44 Å². The van der Waals surface area contributed by atoms with Crippen molar-refractivity contribution in [3.63, 3.8) is 0 Å². The number of sulfonamides is 2. The third kappa shape index (κ3) is 14.9. The van der Waals surface area contributed by atoms with Gasteiger partial charge in [-0.3, -0.25) is 9.59 Å². The zero-order chi connectivity index (χ0) is 19.3. The van der Waals surface area contributed by atoms with Gasteiger partial charge in [-0.1, -0.05) is 6.08 Å². The molecule has 0 spiro atoms. The SMILES string of the molecule is CC=C(C(N)=O)S(=O)(=O)NC.CC=O.CNS(=O)(=O)CC(N)=O. The van der Waals surface area contributed by atoms with Crippen LogP contribution >= 0.6 is 0 Å². The zero-order valence-electron chi connectivity index (χ0n) is 13.2. The first kappa shape index (κ1) is 26.1. The van der Waals surface area contributed by atoms with Crippen molar-refractivity contribution in [2.24, 2.45) is 11.5 Å². The number of primary amides is 2. The minimum Gasteiger partial charge on any atom is -0.369 e. The van der Waals surface area contributed by atoms with Gasteiger partial charge in [0.2, 0.25) is 26.0 Å². The van der Waals surface area contributed by atoms with Gasteiger partial charge in [0.1, 0.15) is 16.9 Å². The van der Waals surface area contributed by atoms with Crippen molar-refractivity contribution >= 4 is 38.1 Å². The molecule has 23 heavy (non-hydrogen) atoms. The summed E-state index contributed by atoms with van der Waals surface area (Å²) in [6.07, 6.45) is 1.90. The average Bonchev–Trinajstić information content (AvgIpc) is 2.39. The lowest BCUT2D eigenvalue weighted by molar-refractivity contribution is -0.116. The van der Waals surface area contributed by atoms with Gasteiger partial charge in [0, 0.05) is 0 Å². The molecule has 0 saturated carbocycles. The highest BCUT2D eigenvalue weighted by Crippen LogP contribution is 2.01. The summed E-state index contributed by atoms with van der Waals surface area (Å²) >= 11 is 0. The Morgan fingerprint density at radius 1 is 1.00 bits per heavy atom. The molecule has 2 amide bonds. The molecule has 0 atom stereocenters. The van der Waals surface area contributed by atoms with Crippen LogP contribution in [0.1, 0.15) is 13.8 Å². The molecule has 13 heteroatoms. The number of carbonyl (C=O) groups excluding carboxylic acids is 3. The smallest absolute Gasteiger partial charge is 0.261 e. The number of hydrogen-bond donors (Lipinski definition) is 4. The summed E-state index contributed by atoms with van der Waals surface area (Å²) in [6, 6.07) is 0. The van der Waals surface area contributed by atoms with E-state index in [0.29, 0.717) is 0 Å². The lowest BCUT2D eigenvalue weighted by Crippen LogP contribution is -2.30. The minimum absolute atomic E-state index is 0.417. The molecule has 0 rings (SSSR count). The fourth-order valence-electron chi connectivity index (χ4n) is 0.799. The van der Waals surface area contributed by atoms with Crippen LogP contribution in [0.5, 0.6) is 0 Å². The Labute approximate surface area is 135 Å². The molecule has 0 fully saturated rings. The molecule has 0 aromatic heterocycles. The van der Waals surface area contributed by atoms with Gasteiger partial charge in [0.15, 0.2) is 0 Å². The maximum atomic E-state index is 10.9. The quantitative estimate of drug-likeness (QED) is 0.283. The first-order valence-corrected chi connectivity index (χ1v) is 8.97. The van der Waals surface area contributed by atoms with Crippen molar-refractivity contribution in [3.8, 4) is 0 Å². The summed E-state index contributed by atoms with van der Waals surface area (Å²) in [7, 11) is -4.69. The number of allylic oxidation sites excluding steroid dienone is 1. The van der Waals surface area contributed by atoms with Gasteiger partial charge in [0.25, 0.3) is 5.91 Å². The van der Waals surface area contributed by atoms with Crippen LogP contribution in [0.2, 0.25) is 0 Å². The van der Waals surface area contributed by atoms with E-state index in [1.165, 1.54) is 27.9 Å². The van der Waals surface area contributed by atoms with E-state index in [-0.39, 0.29) is 0 Å². The van der Waals surface area contributed by atoms with Crippen LogP contribution in [-0.4, -0.2) is 54.8 Å². The minimum atomic E-state index is -3.67. The Morgan fingerprint density at radius 2 is 1.39 bits per heavy atom. The highest BCUT2D eigenvalue weighted by molar-refractivity contribution is 7.94. The second-order valence-corrected chi connectivity index (χ2v) is 7.17. The van der Waals surface area contributed by atoms with Crippen LogP contribution in [0, 0.1) is 0 Å². The van der Waals surface area contributed by atoms with Gasteiger partial charge >= 0.3 is 0 Å². The van der Waals surface area contributed by atoms with Gasteiger partial charge in [0.05, 0.1) is 0 Å². The van der Waals surface area contributed by atoms with Gasteiger partial charge in [-0.15, -0.1) is 0 Å². The predicted octanol–water partition coefficient (Wildman–Crippen LogP) is -2.85. The van der Waals surface area contributed by atoms with E-state index in [2.05, 4.69) is 5.73 Å². The van der Waals surface area contributed by atoms with E-state index < -0.39 is 42.5 Å². The van der Waals surface area contributed by atoms with Crippen molar-refractivity contribution < 1.29 is 31.2 Å². The third-order valence-corrected chi connectivity index (χ3v) is 4.55. The molecular weight excluding hydrogens is 352 g/mol. The van der Waals surface area contributed by atoms with Crippen LogP contribution in [-0.2, 0) is 34.4 Å². The van der Waals surface area contributed by atoms with Crippen molar-refractivity contribution in [2.45, 2.75) is 13.8 Å². The van der Waals surface area contributed by atoms with Crippen LogP contribution in [0.4, 0.5) is 0 Å². The van der Waals surface area contributed by atoms with Gasteiger partial charge < -0.3 is 16.3 Å². The number of nitrogens with one attached hydrogen (secondary N) is 2. The second kappa shape index (κ2) is 12.7. The Morgan fingerprint density at radius 3 is 1.48 bits per heavy atom. The summed E-state index contributed by atoms with van der Waals surface area (Å²) in [6.45, 7) is 2.87. The first-order valence-electron chi connectivity index (χ1n) is 5.84. The highest BCUT2D eigenvalue weighted by Gasteiger charge is 2.18. The number of rotatable bonds is 6. The van der Waals surface area contributed by atoms with Crippen LogP contribution in [0.15, 0.2) is 11.0 Å². The largest absolute Gasteiger partial charge is 0.369 e. The van der Waals surface area contributed by atoms with Crippen molar-refractivity contribution in [1.82, 2.24) is 9.44 Å². The maximum absolute atomic E-state index is 10.9. The Kier molecular flexibility index (Phi) is 14.4. The molecule has 0 heterocycles. The molecule has 6 N–H and O–H groups in total. The summed E-state index contributed by atoms with van der Waals surface area (Å²) in [5, 5.41) is 0. The normalized spacial score (nSPS) is 11.2. The number of aldehydes is 1. The summed E-state index contributed by atoms with van der Waals surface area (Å²) in [5.41, 5.74) is 9.38.